The molecule has 1 aromatic heterocycles. The average molecular weight is 270 g/mol. The highest BCUT2D eigenvalue weighted by Gasteiger charge is 2.12. The van der Waals surface area contributed by atoms with Gasteiger partial charge < -0.3 is 10.2 Å². The third-order valence-electron chi connectivity index (χ3n) is 2.89. The first-order valence-electron chi connectivity index (χ1n) is 6.32. The largest absolute Gasteiger partial charge is 0.380 e. The number of rotatable bonds is 5. The second-order valence-corrected chi connectivity index (χ2v) is 4.61. The standard InChI is InChI=1S/C15H18N4O/c1-4-19-11-12(10-17-19)9-16-14-8-6-5-7-13(14)15(20)18(2)3/h4-8,10-11,16H,1,9H2,2-3H3. The lowest BCUT2D eigenvalue weighted by atomic mass is 10.1. The summed E-state index contributed by atoms with van der Waals surface area (Å²) in [4.78, 5) is 13.6. The molecule has 0 aliphatic rings. The van der Waals surface area contributed by atoms with Crippen molar-refractivity contribution in [3.63, 3.8) is 0 Å². The second-order valence-electron chi connectivity index (χ2n) is 4.61. The SMILES string of the molecule is C=Cn1cc(CNc2ccccc2C(=O)N(C)C)cn1. The van der Waals surface area contributed by atoms with Gasteiger partial charge in [0.15, 0.2) is 0 Å². The molecule has 104 valence electrons. The molecule has 0 spiro atoms. The van der Waals surface area contributed by atoms with Crippen molar-refractivity contribution < 1.29 is 4.79 Å². The fraction of sp³-hybridized carbons (Fsp3) is 0.200. The van der Waals surface area contributed by atoms with Crippen LogP contribution in [0.3, 0.4) is 0 Å². The van der Waals surface area contributed by atoms with E-state index in [-0.39, 0.29) is 5.91 Å². The highest BCUT2D eigenvalue weighted by molar-refractivity contribution is 5.99. The predicted molar refractivity (Wildman–Crippen MR) is 80.4 cm³/mol. The quantitative estimate of drug-likeness (QED) is 0.907. The average Bonchev–Trinajstić information content (AvgIpc) is 2.92. The molecule has 0 aliphatic carbocycles. The lowest BCUT2D eigenvalue weighted by Gasteiger charge is -2.14. The Hall–Kier alpha value is -2.56. The summed E-state index contributed by atoms with van der Waals surface area (Å²) in [5.41, 5.74) is 2.50. The van der Waals surface area contributed by atoms with Crippen molar-refractivity contribution in [2.45, 2.75) is 6.54 Å². The molecule has 20 heavy (non-hydrogen) atoms. The monoisotopic (exact) mass is 270 g/mol. The fourth-order valence-corrected chi connectivity index (χ4v) is 1.83. The van der Waals surface area contributed by atoms with Crippen LogP contribution in [0.4, 0.5) is 5.69 Å². The van der Waals surface area contributed by atoms with Gasteiger partial charge in [-0.25, -0.2) is 4.68 Å². The first-order valence-corrected chi connectivity index (χ1v) is 6.32. The molecule has 0 bridgehead atoms. The molecule has 1 heterocycles. The van der Waals surface area contributed by atoms with Gasteiger partial charge in [0.25, 0.3) is 5.91 Å². The van der Waals surface area contributed by atoms with Crippen LogP contribution in [0.25, 0.3) is 6.20 Å². The number of anilines is 1. The Morgan fingerprint density at radius 2 is 2.20 bits per heavy atom. The molecule has 5 nitrogen and oxygen atoms in total. The van der Waals surface area contributed by atoms with E-state index in [4.69, 9.17) is 0 Å². The number of benzene rings is 1. The molecule has 1 N–H and O–H groups in total. The summed E-state index contributed by atoms with van der Waals surface area (Å²) < 4.78 is 1.65. The van der Waals surface area contributed by atoms with E-state index < -0.39 is 0 Å². The van der Waals surface area contributed by atoms with Gasteiger partial charge in [-0.2, -0.15) is 5.10 Å². The van der Waals surface area contributed by atoms with E-state index in [1.165, 1.54) is 0 Å². The Morgan fingerprint density at radius 1 is 1.45 bits per heavy atom. The maximum atomic E-state index is 12.1. The molecular weight excluding hydrogens is 252 g/mol. The van der Waals surface area contributed by atoms with Crippen molar-refractivity contribution in [2.24, 2.45) is 0 Å². The van der Waals surface area contributed by atoms with E-state index in [2.05, 4.69) is 17.0 Å². The number of aromatic nitrogens is 2. The molecule has 5 heteroatoms. The van der Waals surface area contributed by atoms with Crippen molar-refractivity contribution >= 4 is 17.8 Å². The minimum absolute atomic E-state index is 0.0186. The van der Waals surface area contributed by atoms with Crippen molar-refractivity contribution in [1.82, 2.24) is 14.7 Å². The van der Waals surface area contributed by atoms with Gasteiger partial charge in [0.05, 0.1) is 11.8 Å². The number of para-hydroxylation sites is 1. The van der Waals surface area contributed by atoms with Crippen molar-refractivity contribution in [1.29, 1.82) is 0 Å². The summed E-state index contributed by atoms with van der Waals surface area (Å²) >= 11 is 0. The smallest absolute Gasteiger partial charge is 0.255 e. The van der Waals surface area contributed by atoms with E-state index in [9.17, 15) is 4.79 Å². The van der Waals surface area contributed by atoms with Crippen LogP contribution in [0.5, 0.6) is 0 Å². The molecule has 0 unspecified atom stereocenters. The first kappa shape index (κ1) is 13.9. The van der Waals surface area contributed by atoms with Crippen LogP contribution in [0.1, 0.15) is 15.9 Å². The Kier molecular flexibility index (Phi) is 4.20. The van der Waals surface area contributed by atoms with E-state index in [0.717, 1.165) is 11.3 Å². The molecule has 1 aromatic carbocycles. The minimum Gasteiger partial charge on any atom is -0.380 e. The van der Waals surface area contributed by atoms with Gasteiger partial charge in [-0.3, -0.25) is 4.79 Å². The summed E-state index contributed by atoms with van der Waals surface area (Å²) in [5.74, 6) is -0.0186. The van der Waals surface area contributed by atoms with E-state index in [0.29, 0.717) is 12.1 Å². The van der Waals surface area contributed by atoms with Crippen LogP contribution in [0.2, 0.25) is 0 Å². The first-order chi connectivity index (χ1) is 9.61. The number of carbonyl (C=O) groups excluding carboxylic acids is 1. The van der Waals surface area contributed by atoms with Crippen LogP contribution in [0.15, 0.2) is 43.2 Å². The van der Waals surface area contributed by atoms with Crippen LogP contribution >= 0.6 is 0 Å². The molecule has 1 amide bonds. The van der Waals surface area contributed by atoms with Crippen LogP contribution in [-0.2, 0) is 6.54 Å². The minimum atomic E-state index is -0.0186. The zero-order chi connectivity index (χ0) is 14.5. The van der Waals surface area contributed by atoms with Gasteiger partial charge in [0, 0.05) is 44.3 Å². The highest BCUT2D eigenvalue weighted by Crippen LogP contribution is 2.17. The number of hydrogen-bond donors (Lipinski definition) is 1. The molecule has 0 aliphatic heterocycles. The number of hydrogen-bond acceptors (Lipinski definition) is 3. The molecule has 0 fully saturated rings. The lowest BCUT2D eigenvalue weighted by Crippen LogP contribution is -2.22. The third-order valence-corrected chi connectivity index (χ3v) is 2.89. The van der Waals surface area contributed by atoms with Crippen molar-refractivity contribution in [2.75, 3.05) is 19.4 Å². The van der Waals surface area contributed by atoms with Gasteiger partial charge >= 0.3 is 0 Å². The maximum Gasteiger partial charge on any atom is 0.255 e. The van der Waals surface area contributed by atoms with E-state index in [1.54, 1.807) is 36.1 Å². The topological polar surface area (TPSA) is 50.2 Å². The van der Waals surface area contributed by atoms with Crippen molar-refractivity contribution in [3.05, 3.63) is 54.4 Å². The normalized spacial score (nSPS) is 10.1. The summed E-state index contributed by atoms with van der Waals surface area (Å²) in [6.45, 7) is 4.25. The molecular formula is C15H18N4O. The summed E-state index contributed by atoms with van der Waals surface area (Å²) in [6, 6.07) is 7.48. The van der Waals surface area contributed by atoms with Gasteiger partial charge in [-0.15, -0.1) is 0 Å². The number of carbonyl (C=O) groups is 1. The summed E-state index contributed by atoms with van der Waals surface area (Å²) in [6.07, 6.45) is 5.29. The Balaban J connectivity index is 2.13. The van der Waals surface area contributed by atoms with Gasteiger partial charge in [0.2, 0.25) is 0 Å². The number of nitrogens with one attached hydrogen (secondary N) is 1. The second kappa shape index (κ2) is 6.06. The van der Waals surface area contributed by atoms with Crippen molar-refractivity contribution in [3.8, 4) is 0 Å². The molecule has 0 saturated heterocycles. The molecule has 0 radical (unpaired) electrons. The third kappa shape index (κ3) is 3.06. The van der Waals surface area contributed by atoms with Crippen LogP contribution in [-0.4, -0.2) is 34.7 Å². The van der Waals surface area contributed by atoms with Gasteiger partial charge in [0.1, 0.15) is 0 Å². The van der Waals surface area contributed by atoms with E-state index in [1.807, 2.05) is 30.5 Å². The summed E-state index contributed by atoms with van der Waals surface area (Å²) in [7, 11) is 3.49. The van der Waals surface area contributed by atoms with Crippen LogP contribution in [0, 0.1) is 0 Å². The molecule has 2 rings (SSSR count). The predicted octanol–water partition coefficient (Wildman–Crippen LogP) is 2.30. The zero-order valence-corrected chi connectivity index (χ0v) is 11.7. The highest BCUT2D eigenvalue weighted by atomic mass is 16.2. The summed E-state index contributed by atoms with van der Waals surface area (Å²) in [5, 5.41) is 7.38. The zero-order valence-electron chi connectivity index (χ0n) is 11.7. The number of amides is 1. The maximum absolute atomic E-state index is 12.1. The molecule has 0 saturated carbocycles. The fourth-order valence-electron chi connectivity index (χ4n) is 1.83. The van der Waals surface area contributed by atoms with E-state index >= 15 is 0 Å². The molecule has 2 aromatic rings. The Morgan fingerprint density at radius 3 is 2.85 bits per heavy atom. The Labute approximate surface area is 118 Å². The Bertz CT molecular complexity index is 616. The molecule has 0 atom stereocenters. The van der Waals surface area contributed by atoms with Gasteiger partial charge in [-0.05, 0) is 12.1 Å². The lowest BCUT2D eigenvalue weighted by molar-refractivity contribution is 0.0828. The number of nitrogens with zero attached hydrogens (tertiary/aromatic N) is 3. The van der Waals surface area contributed by atoms with Gasteiger partial charge in [-0.1, -0.05) is 18.7 Å². The van der Waals surface area contributed by atoms with Crippen LogP contribution < -0.4 is 5.32 Å².